The number of nitrogens with one attached hydrogen (secondary N) is 1. The summed E-state index contributed by atoms with van der Waals surface area (Å²) in [5.74, 6) is 1.40. The molecule has 1 N–H and O–H groups in total. The van der Waals surface area contributed by atoms with Crippen LogP contribution in [0.3, 0.4) is 0 Å². The van der Waals surface area contributed by atoms with Gasteiger partial charge in [-0.15, -0.1) is 11.3 Å². The molecule has 6 heteroatoms. The summed E-state index contributed by atoms with van der Waals surface area (Å²) in [5.41, 5.74) is 3.12. The number of carbonyl (C=O) groups is 1. The molecule has 0 atom stereocenters. The highest BCUT2D eigenvalue weighted by atomic mass is 32.1. The number of carbonyl (C=O) groups excluding carboxylic acids is 1. The number of amides is 1. The maximum atomic E-state index is 13.3. The van der Waals surface area contributed by atoms with Crippen LogP contribution in [0.1, 0.15) is 21.8 Å². The van der Waals surface area contributed by atoms with Crippen LogP contribution in [-0.2, 0) is 11.3 Å². The van der Waals surface area contributed by atoms with Crippen molar-refractivity contribution < 1.29 is 4.79 Å². The maximum Gasteiger partial charge on any atom is 0.246 e. The number of hydrogen-bond donors (Lipinski definition) is 1. The molecule has 0 fully saturated rings. The smallest absolute Gasteiger partial charge is 0.246 e. The van der Waals surface area contributed by atoms with Crippen LogP contribution in [-0.4, -0.2) is 22.4 Å². The summed E-state index contributed by atoms with van der Waals surface area (Å²) >= 11 is 1.66. The molecule has 2 heterocycles. The molecule has 0 spiro atoms. The van der Waals surface area contributed by atoms with E-state index in [4.69, 9.17) is 0 Å². The Labute approximate surface area is 180 Å². The van der Waals surface area contributed by atoms with Gasteiger partial charge >= 0.3 is 0 Å². The fraction of sp³-hybridized carbons (Fsp3) is 0.208. The highest BCUT2D eigenvalue weighted by molar-refractivity contribution is 7.18. The van der Waals surface area contributed by atoms with E-state index in [-0.39, 0.29) is 12.5 Å². The van der Waals surface area contributed by atoms with Crippen LogP contribution in [0.5, 0.6) is 0 Å². The van der Waals surface area contributed by atoms with E-state index in [1.807, 2.05) is 67.6 Å². The Balaban J connectivity index is 1.60. The third kappa shape index (κ3) is 4.19. The number of thiophene rings is 1. The Morgan fingerprint density at radius 3 is 2.33 bits per heavy atom. The third-order valence-corrected chi connectivity index (χ3v) is 6.20. The van der Waals surface area contributed by atoms with Crippen LogP contribution in [0.15, 0.2) is 60.7 Å². The largest absolute Gasteiger partial charge is 0.360 e. The van der Waals surface area contributed by atoms with Crippen molar-refractivity contribution in [1.29, 1.82) is 0 Å². The van der Waals surface area contributed by atoms with E-state index in [1.54, 1.807) is 16.2 Å². The van der Waals surface area contributed by atoms with Gasteiger partial charge in [-0.05, 0) is 44.0 Å². The highest BCUT2D eigenvalue weighted by Crippen LogP contribution is 2.33. The molecule has 1 amide bonds. The number of aromatic nitrogens is 2. The fourth-order valence-corrected chi connectivity index (χ4v) is 4.51. The van der Waals surface area contributed by atoms with Gasteiger partial charge < -0.3 is 10.2 Å². The van der Waals surface area contributed by atoms with Crippen molar-refractivity contribution in [1.82, 2.24) is 9.97 Å². The van der Waals surface area contributed by atoms with Crippen molar-refractivity contribution in [2.24, 2.45) is 0 Å². The van der Waals surface area contributed by atoms with Crippen LogP contribution in [0, 0.1) is 20.8 Å². The number of anilines is 2. The minimum absolute atomic E-state index is 0.0147. The predicted molar refractivity (Wildman–Crippen MR) is 124 cm³/mol. The molecule has 2 aromatic heterocycles. The van der Waals surface area contributed by atoms with E-state index in [2.05, 4.69) is 29.1 Å². The quantitative estimate of drug-likeness (QED) is 0.466. The summed E-state index contributed by atoms with van der Waals surface area (Å²) in [4.78, 5) is 26.4. The average Bonchev–Trinajstić information content (AvgIpc) is 3.04. The van der Waals surface area contributed by atoms with E-state index >= 15 is 0 Å². The van der Waals surface area contributed by atoms with Crippen molar-refractivity contribution in [2.75, 3.05) is 16.8 Å². The monoisotopic (exact) mass is 416 g/mol. The Hall–Kier alpha value is -3.25. The zero-order chi connectivity index (χ0) is 21.1. The van der Waals surface area contributed by atoms with Gasteiger partial charge in [0.15, 0.2) is 0 Å². The summed E-state index contributed by atoms with van der Waals surface area (Å²) in [7, 11) is 0. The van der Waals surface area contributed by atoms with Crippen molar-refractivity contribution in [2.45, 2.75) is 27.3 Å². The van der Waals surface area contributed by atoms with Crippen molar-refractivity contribution >= 4 is 39.0 Å². The van der Waals surface area contributed by atoms with Gasteiger partial charge in [0.2, 0.25) is 5.91 Å². The minimum Gasteiger partial charge on any atom is -0.360 e. The summed E-state index contributed by atoms with van der Waals surface area (Å²) < 4.78 is 0. The molecule has 0 bridgehead atoms. The molecule has 4 aromatic rings. The zero-order valence-electron chi connectivity index (χ0n) is 17.3. The first-order chi connectivity index (χ1) is 14.5. The lowest BCUT2D eigenvalue weighted by Gasteiger charge is -2.23. The standard InChI is InChI=1S/C24H24N4OS/c1-16-17(2)30-24-22(16)23(26-18(3)27-24)25-14-21(29)28(20-12-8-5-9-13-20)15-19-10-6-4-7-11-19/h4-13H,14-15H2,1-3H3,(H,25,26,27). The van der Waals surface area contributed by atoms with Crippen LogP contribution in [0.25, 0.3) is 10.2 Å². The molecule has 30 heavy (non-hydrogen) atoms. The molecule has 0 unspecified atom stereocenters. The summed E-state index contributed by atoms with van der Waals surface area (Å²) in [6, 6.07) is 19.8. The lowest BCUT2D eigenvalue weighted by atomic mass is 10.2. The van der Waals surface area contributed by atoms with Gasteiger partial charge in [-0.25, -0.2) is 9.97 Å². The van der Waals surface area contributed by atoms with Crippen LogP contribution in [0.4, 0.5) is 11.5 Å². The maximum absolute atomic E-state index is 13.3. The Morgan fingerprint density at radius 2 is 1.63 bits per heavy atom. The molecule has 5 nitrogen and oxygen atoms in total. The molecule has 0 aliphatic carbocycles. The van der Waals surface area contributed by atoms with E-state index in [1.165, 1.54) is 4.88 Å². The first-order valence-corrected chi connectivity index (χ1v) is 10.7. The zero-order valence-corrected chi connectivity index (χ0v) is 18.2. The van der Waals surface area contributed by atoms with Crippen molar-refractivity contribution in [3.8, 4) is 0 Å². The van der Waals surface area contributed by atoms with E-state index in [0.717, 1.165) is 32.8 Å². The molecule has 0 aliphatic rings. The Bertz CT molecular complexity index is 1170. The molecular weight excluding hydrogens is 392 g/mol. The lowest BCUT2D eigenvalue weighted by molar-refractivity contribution is -0.117. The third-order valence-electron chi connectivity index (χ3n) is 5.10. The molecule has 0 saturated heterocycles. The molecule has 4 rings (SSSR count). The first-order valence-electron chi connectivity index (χ1n) is 9.90. The SMILES string of the molecule is Cc1nc(NCC(=O)N(Cc2ccccc2)c2ccccc2)c2c(C)c(C)sc2n1. The van der Waals surface area contributed by atoms with E-state index < -0.39 is 0 Å². The summed E-state index contributed by atoms with van der Waals surface area (Å²) in [6.45, 7) is 6.71. The second-order valence-corrected chi connectivity index (χ2v) is 8.44. The van der Waals surface area contributed by atoms with Gasteiger partial charge in [0.05, 0.1) is 18.5 Å². The molecular formula is C24H24N4OS. The second kappa shape index (κ2) is 8.63. The van der Waals surface area contributed by atoms with Crippen molar-refractivity contribution in [3.63, 3.8) is 0 Å². The number of benzene rings is 2. The number of fused-ring (bicyclic) bond motifs is 1. The van der Waals surface area contributed by atoms with E-state index in [9.17, 15) is 4.79 Å². The molecule has 152 valence electrons. The molecule has 0 saturated carbocycles. The number of hydrogen-bond acceptors (Lipinski definition) is 5. The van der Waals surface area contributed by atoms with Gasteiger partial charge in [-0.3, -0.25) is 4.79 Å². The normalized spacial score (nSPS) is 10.9. The predicted octanol–water partition coefficient (Wildman–Crippen LogP) is 5.26. The number of nitrogens with zero attached hydrogens (tertiary/aromatic N) is 3. The number of rotatable bonds is 6. The molecule has 2 aromatic carbocycles. The number of para-hydroxylation sites is 1. The van der Waals surface area contributed by atoms with Gasteiger partial charge in [-0.1, -0.05) is 48.5 Å². The van der Waals surface area contributed by atoms with Crippen LogP contribution >= 0.6 is 11.3 Å². The average molecular weight is 417 g/mol. The van der Waals surface area contributed by atoms with Crippen molar-refractivity contribution in [3.05, 3.63) is 82.5 Å². The van der Waals surface area contributed by atoms with Gasteiger partial charge in [-0.2, -0.15) is 0 Å². The first kappa shape index (κ1) is 20.0. The summed E-state index contributed by atoms with van der Waals surface area (Å²) in [5, 5.41) is 4.29. The highest BCUT2D eigenvalue weighted by Gasteiger charge is 2.18. The Kier molecular flexibility index (Phi) is 5.77. The van der Waals surface area contributed by atoms with Gasteiger partial charge in [0.1, 0.15) is 16.5 Å². The minimum atomic E-state index is -0.0147. The molecule has 0 aliphatic heterocycles. The van der Waals surface area contributed by atoms with Gasteiger partial charge in [0, 0.05) is 10.6 Å². The summed E-state index contributed by atoms with van der Waals surface area (Å²) in [6.07, 6.45) is 0. The second-order valence-electron chi connectivity index (χ2n) is 7.24. The van der Waals surface area contributed by atoms with Crippen LogP contribution < -0.4 is 10.2 Å². The topological polar surface area (TPSA) is 58.1 Å². The molecule has 0 radical (unpaired) electrons. The number of aryl methyl sites for hydroxylation is 3. The van der Waals surface area contributed by atoms with Gasteiger partial charge in [0.25, 0.3) is 0 Å². The van der Waals surface area contributed by atoms with Crippen LogP contribution in [0.2, 0.25) is 0 Å². The lowest BCUT2D eigenvalue weighted by Crippen LogP contribution is -2.35. The fourth-order valence-electron chi connectivity index (χ4n) is 3.44. The van der Waals surface area contributed by atoms with E-state index in [0.29, 0.717) is 12.4 Å². The Morgan fingerprint density at radius 1 is 0.967 bits per heavy atom.